The minimum Gasteiger partial charge on any atom is -0.349 e. The number of hydrogen-bond acceptors (Lipinski definition) is 3. The third-order valence-corrected chi connectivity index (χ3v) is 2.07. The second-order valence-electron chi connectivity index (χ2n) is 3.34. The van der Waals surface area contributed by atoms with Gasteiger partial charge in [0.05, 0.1) is 6.04 Å². The van der Waals surface area contributed by atoms with Gasteiger partial charge in [0, 0.05) is 6.54 Å². The number of ketones is 1. The van der Waals surface area contributed by atoms with Gasteiger partial charge in [-0.25, -0.2) is 0 Å². The number of nitrogens with one attached hydrogen (secondary N) is 1. The van der Waals surface area contributed by atoms with Crippen LogP contribution in [0.4, 0.5) is 0 Å². The molecule has 0 fully saturated rings. The summed E-state index contributed by atoms with van der Waals surface area (Å²) in [5.74, 6) is -1.06. The largest absolute Gasteiger partial charge is 0.349 e. The molecule has 4 heteroatoms. The molecule has 0 aromatic carbocycles. The molecule has 1 amide bonds. The van der Waals surface area contributed by atoms with Gasteiger partial charge in [-0.1, -0.05) is 26.7 Å². The maximum absolute atomic E-state index is 11.2. The van der Waals surface area contributed by atoms with Crippen LogP contribution >= 0.6 is 0 Å². The molecule has 3 N–H and O–H groups in total. The van der Waals surface area contributed by atoms with Gasteiger partial charge in [0.15, 0.2) is 0 Å². The molecule has 0 aliphatic heterocycles. The van der Waals surface area contributed by atoms with Gasteiger partial charge >= 0.3 is 0 Å². The highest BCUT2D eigenvalue weighted by Gasteiger charge is 2.19. The first-order valence-corrected chi connectivity index (χ1v) is 5.21. The summed E-state index contributed by atoms with van der Waals surface area (Å²) in [4.78, 5) is 22.4. The summed E-state index contributed by atoms with van der Waals surface area (Å²) in [6, 6.07) is -0.652. The molecule has 14 heavy (non-hydrogen) atoms. The molecule has 0 unspecified atom stereocenters. The average Bonchev–Trinajstić information content (AvgIpc) is 2.21. The Balaban J connectivity index is 3.68. The third-order valence-electron chi connectivity index (χ3n) is 2.07. The lowest BCUT2D eigenvalue weighted by atomic mass is 10.1. The van der Waals surface area contributed by atoms with Crippen molar-refractivity contribution in [3.8, 4) is 0 Å². The van der Waals surface area contributed by atoms with Gasteiger partial charge in [-0.3, -0.25) is 9.59 Å². The van der Waals surface area contributed by atoms with Crippen LogP contribution < -0.4 is 11.1 Å². The van der Waals surface area contributed by atoms with Crippen molar-refractivity contribution in [2.24, 2.45) is 5.73 Å². The maximum Gasteiger partial charge on any atom is 0.289 e. The van der Waals surface area contributed by atoms with Crippen molar-refractivity contribution in [2.45, 2.75) is 45.6 Å². The molecular weight excluding hydrogens is 180 g/mol. The van der Waals surface area contributed by atoms with Crippen LogP contribution in [0.1, 0.15) is 39.5 Å². The molecule has 1 atom stereocenters. The highest BCUT2D eigenvalue weighted by Crippen LogP contribution is 1.92. The molecule has 0 aromatic heterocycles. The molecular formula is C10H20N2O2. The predicted molar refractivity (Wildman–Crippen MR) is 55.8 cm³/mol. The van der Waals surface area contributed by atoms with E-state index in [0.29, 0.717) is 13.0 Å². The zero-order chi connectivity index (χ0) is 11.0. The lowest BCUT2D eigenvalue weighted by Crippen LogP contribution is -2.42. The molecule has 0 rings (SSSR count). The Morgan fingerprint density at radius 1 is 1.29 bits per heavy atom. The molecule has 0 saturated heterocycles. The smallest absolute Gasteiger partial charge is 0.289 e. The number of hydrogen-bond donors (Lipinski definition) is 2. The second-order valence-corrected chi connectivity index (χ2v) is 3.34. The van der Waals surface area contributed by atoms with E-state index in [1.165, 1.54) is 0 Å². The Bertz CT molecular complexity index is 193. The Hall–Kier alpha value is -0.900. The first-order valence-electron chi connectivity index (χ1n) is 5.21. The Kier molecular flexibility index (Phi) is 7.02. The summed E-state index contributed by atoms with van der Waals surface area (Å²) in [6.07, 6.45) is 3.57. The zero-order valence-electron chi connectivity index (χ0n) is 9.01. The van der Waals surface area contributed by atoms with Crippen LogP contribution in [0.25, 0.3) is 0 Å². The quantitative estimate of drug-likeness (QED) is 0.467. The molecule has 4 nitrogen and oxygen atoms in total. The number of carbonyl (C=O) groups excluding carboxylic acids is 2. The molecule has 0 radical (unpaired) electrons. The van der Waals surface area contributed by atoms with Crippen molar-refractivity contribution in [1.29, 1.82) is 0 Å². The molecule has 82 valence electrons. The molecule has 0 aromatic rings. The summed E-state index contributed by atoms with van der Waals surface area (Å²) in [5, 5.41) is 2.56. The van der Waals surface area contributed by atoms with E-state index in [9.17, 15) is 9.59 Å². The van der Waals surface area contributed by atoms with Crippen LogP contribution in [0.5, 0.6) is 0 Å². The Morgan fingerprint density at radius 2 is 1.93 bits per heavy atom. The van der Waals surface area contributed by atoms with Gasteiger partial charge in [0.1, 0.15) is 0 Å². The summed E-state index contributed by atoms with van der Waals surface area (Å²) in [6.45, 7) is 4.43. The summed E-state index contributed by atoms with van der Waals surface area (Å²) >= 11 is 0. The molecule has 0 spiro atoms. The van der Waals surface area contributed by atoms with Crippen LogP contribution in [0, 0.1) is 0 Å². The van der Waals surface area contributed by atoms with E-state index in [0.717, 1.165) is 19.3 Å². The summed E-state index contributed by atoms with van der Waals surface area (Å²) < 4.78 is 0. The van der Waals surface area contributed by atoms with E-state index in [1.54, 1.807) is 6.92 Å². The molecule has 0 saturated carbocycles. The minimum absolute atomic E-state index is 0.501. The summed E-state index contributed by atoms with van der Waals surface area (Å²) in [5.41, 5.74) is 5.44. The van der Waals surface area contributed by atoms with E-state index < -0.39 is 17.7 Å². The molecule has 0 heterocycles. The number of amides is 1. The monoisotopic (exact) mass is 200 g/mol. The zero-order valence-corrected chi connectivity index (χ0v) is 9.01. The van der Waals surface area contributed by atoms with E-state index in [1.807, 2.05) is 0 Å². The number of carbonyl (C=O) groups is 2. The van der Waals surface area contributed by atoms with Crippen molar-refractivity contribution in [3.63, 3.8) is 0 Å². The number of Topliss-reactive ketones (excluding diaryl/α,β-unsaturated/α-hetero) is 1. The van der Waals surface area contributed by atoms with Crippen LogP contribution in [0.2, 0.25) is 0 Å². The number of nitrogens with two attached hydrogens (primary N) is 1. The van der Waals surface area contributed by atoms with Gasteiger partial charge in [-0.05, 0) is 12.8 Å². The van der Waals surface area contributed by atoms with Crippen LogP contribution in [0.3, 0.4) is 0 Å². The standard InChI is InChI=1S/C10H20N2O2/c1-3-5-6-7-12-10(14)9(13)8(11)4-2/h8H,3-7,11H2,1-2H3,(H,12,14)/t8-/m0/s1. The maximum atomic E-state index is 11.2. The normalized spacial score (nSPS) is 12.2. The van der Waals surface area contributed by atoms with Crippen LogP contribution in [-0.2, 0) is 9.59 Å². The molecule has 0 aliphatic rings. The lowest BCUT2D eigenvalue weighted by molar-refractivity contribution is -0.138. The van der Waals surface area contributed by atoms with Crippen molar-refractivity contribution < 1.29 is 9.59 Å². The van der Waals surface area contributed by atoms with Gasteiger partial charge in [0.25, 0.3) is 5.91 Å². The van der Waals surface area contributed by atoms with Gasteiger partial charge in [-0.2, -0.15) is 0 Å². The van der Waals surface area contributed by atoms with Crippen LogP contribution in [-0.4, -0.2) is 24.3 Å². The van der Waals surface area contributed by atoms with E-state index in [-0.39, 0.29) is 0 Å². The molecule has 0 aliphatic carbocycles. The SMILES string of the molecule is CCCCCNC(=O)C(=O)[C@@H](N)CC. The highest BCUT2D eigenvalue weighted by molar-refractivity contribution is 6.38. The number of rotatable bonds is 7. The Morgan fingerprint density at radius 3 is 2.43 bits per heavy atom. The number of unbranched alkanes of at least 4 members (excludes halogenated alkanes) is 2. The van der Waals surface area contributed by atoms with Crippen molar-refractivity contribution in [1.82, 2.24) is 5.32 Å². The van der Waals surface area contributed by atoms with E-state index in [4.69, 9.17) is 5.73 Å². The molecule has 0 bridgehead atoms. The van der Waals surface area contributed by atoms with Crippen LogP contribution in [0.15, 0.2) is 0 Å². The average molecular weight is 200 g/mol. The topological polar surface area (TPSA) is 72.2 Å². The third kappa shape index (κ3) is 4.97. The lowest BCUT2D eigenvalue weighted by Gasteiger charge is -2.07. The summed E-state index contributed by atoms with van der Waals surface area (Å²) in [7, 11) is 0. The van der Waals surface area contributed by atoms with Crippen molar-refractivity contribution >= 4 is 11.7 Å². The van der Waals surface area contributed by atoms with Crippen molar-refractivity contribution in [2.75, 3.05) is 6.54 Å². The first kappa shape index (κ1) is 13.1. The minimum atomic E-state index is -0.652. The fourth-order valence-corrected chi connectivity index (χ4v) is 1.02. The predicted octanol–water partition coefficient (Wildman–Crippen LogP) is 0.599. The van der Waals surface area contributed by atoms with E-state index in [2.05, 4.69) is 12.2 Å². The second kappa shape index (κ2) is 7.50. The fourth-order valence-electron chi connectivity index (χ4n) is 1.02. The van der Waals surface area contributed by atoms with Gasteiger partial charge in [0.2, 0.25) is 5.78 Å². The Labute approximate surface area is 85.2 Å². The highest BCUT2D eigenvalue weighted by atomic mass is 16.2. The fraction of sp³-hybridized carbons (Fsp3) is 0.800. The van der Waals surface area contributed by atoms with E-state index >= 15 is 0 Å². The van der Waals surface area contributed by atoms with Crippen molar-refractivity contribution in [3.05, 3.63) is 0 Å². The first-order chi connectivity index (χ1) is 6.63. The van der Waals surface area contributed by atoms with Gasteiger partial charge < -0.3 is 11.1 Å². The van der Waals surface area contributed by atoms with Gasteiger partial charge in [-0.15, -0.1) is 0 Å².